The molecule has 4 nitrogen and oxygen atoms in total. The van der Waals surface area contributed by atoms with Gasteiger partial charge in [-0.2, -0.15) is 0 Å². The van der Waals surface area contributed by atoms with Crippen molar-refractivity contribution in [3.8, 4) is 11.4 Å². The Morgan fingerprint density at radius 3 is 2.54 bits per heavy atom. The van der Waals surface area contributed by atoms with Crippen LogP contribution in [-0.2, 0) is 6.54 Å². The molecule has 1 aromatic carbocycles. The van der Waals surface area contributed by atoms with E-state index in [2.05, 4.69) is 20.3 Å². The number of aromatic nitrogens is 3. The molecule has 0 aliphatic carbocycles. The molecular formula is C19H14ClFN4S. The van der Waals surface area contributed by atoms with Crippen LogP contribution in [0, 0.1) is 12.7 Å². The average molecular weight is 385 g/mol. The molecular weight excluding hydrogens is 371 g/mol. The lowest BCUT2D eigenvalue weighted by molar-refractivity contribution is 0.627. The van der Waals surface area contributed by atoms with Gasteiger partial charge >= 0.3 is 0 Å². The highest BCUT2D eigenvalue weighted by atomic mass is 35.5. The molecule has 0 amide bonds. The van der Waals surface area contributed by atoms with E-state index in [0.717, 1.165) is 26.2 Å². The van der Waals surface area contributed by atoms with Crippen molar-refractivity contribution in [1.82, 2.24) is 15.0 Å². The molecule has 3 heterocycles. The van der Waals surface area contributed by atoms with Crippen molar-refractivity contribution in [2.24, 2.45) is 0 Å². The third-order valence-electron chi connectivity index (χ3n) is 3.97. The van der Waals surface area contributed by atoms with E-state index in [1.165, 1.54) is 23.5 Å². The smallest absolute Gasteiger partial charge is 0.163 e. The van der Waals surface area contributed by atoms with Crippen LogP contribution in [0.15, 0.2) is 48.8 Å². The summed E-state index contributed by atoms with van der Waals surface area (Å²) < 4.78 is 13.1. The number of aryl methyl sites for hydroxylation is 1. The standard InChI is InChI=1S/C19H14ClFN4S/c1-11-16(20)15-18(23-10-12-2-4-14(21)5-3-12)24-17(25-19(15)26-11)13-6-8-22-9-7-13/h2-9H,10H2,1H3,(H,23,24,25). The molecule has 7 heteroatoms. The molecule has 1 N–H and O–H groups in total. The van der Waals surface area contributed by atoms with E-state index in [9.17, 15) is 4.39 Å². The lowest BCUT2D eigenvalue weighted by Crippen LogP contribution is -2.04. The Balaban J connectivity index is 1.76. The number of nitrogens with one attached hydrogen (secondary N) is 1. The van der Waals surface area contributed by atoms with Crippen molar-refractivity contribution in [2.45, 2.75) is 13.5 Å². The van der Waals surface area contributed by atoms with Gasteiger partial charge in [0.25, 0.3) is 0 Å². The minimum atomic E-state index is -0.255. The van der Waals surface area contributed by atoms with Crippen molar-refractivity contribution < 1.29 is 4.39 Å². The summed E-state index contributed by atoms with van der Waals surface area (Å²) >= 11 is 8.02. The zero-order valence-corrected chi connectivity index (χ0v) is 15.4. The zero-order valence-electron chi connectivity index (χ0n) is 13.8. The molecule has 0 unspecified atom stereocenters. The molecule has 130 valence electrons. The SMILES string of the molecule is Cc1sc2nc(-c3ccncc3)nc(NCc3ccc(F)cc3)c2c1Cl. The van der Waals surface area contributed by atoms with Gasteiger partial charge in [0.15, 0.2) is 5.82 Å². The third kappa shape index (κ3) is 3.25. The van der Waals surface area contributed by atoms with Gasteiger partial charge in [0.1, 0.15) is 16.5 Å². The molecule has 0 radical (unpaired) electrons. The number of rotatable bonds is 4. The summed E-state index contributed by atoms with van der Waals surface area (Å²) in [6.45, 7) is 2.47. The van der Waals surface area contributed by atoms with Crippen LogP contribution < -0.4 is 5.32 Å². The number of nitrogens with zero attached hydrogens (tertiary/aromatic N) is 3. The van der Waals surface area contributed by atoms with Crippen molar-refractivity contribution in [3.05, 3.63) is 70.1 Å². The quantitative estimate of drug-likeness (QED) is 0.507. The minimum Gasteiger partial charge on any atom is -0.365 e. The molecule has 0 saturated carbocycles. The number of halogens is 2. The Labute approximate surface area is 158 Å². The highest BCUT2D eigenvalue weighted by Crippen LogP contribution is 2.38. The fourth-order valence-corrected chi connectivity index (χ4v) is 3.89. The largest absolute Gasteiger partial charge is 0.365 e. The lowest BCUT2D eigenvalue weighted by Gasteiger charge is -2.10. The monoisotopic (exact) mass is 384 g/mol. The Kier molecular flexibility index (Phi) is 4.53. The van der Waals surface area contributed by atoms with Gasteiger partial charge in [-0.1, -0.05) is 23.7 Å². The molecule has 0 saturated heterocycles. The van der Waals surface area contributed by atoms with Crippen LogP contribution in [0.1, 0.15) is 10.4 Å². The molecule has 0 aliphatic heterocycles. The number of thiophene rings is 1. The highest BCUT2D eigenvalue weighted by molar-refractivity contribution is 7.19. The second-order valence-corrected chi connectivity index (χ2v) is 7.35. The van der Waals surface area contributed by atoms with Gasteiger partial charge in [-0.05, 0) is 36.8 Å². The number of anilines is 1. The number of hydrogen-bond acceptors (Lipinski definition) is 5. The summed E-state index contributed by atoms with van der Waals surface area (Å²) in [4.78, 5) is 15.2. The van der Waals surface area contributed by atoms with Gasteiger partial charge in [0, 0.05) is 29.4 Å². The van der Waals surface area contributed by atoms with E-state index in [0.29, 0.717) is 23.2 Å². The van der Waals surface area contributed by atoms with Crippen molar-refractivity contribution in [2.75, 3.05) is 5.32 Å². The van der Waals surface area contributed by atoms with E-state index in [4.69, 9.17) is 11.6 Å². The van der Waals surface area contributed by atoms with Crippen LogP contribution in [0.3, 0.4) is 0 Å². The summed E-state index contributed by atoms with van der Waals surface area (Å²) in [5, 5.41) is 4.79. The topological polar surface area (TPSA) is 50.7 Å². The minimum absolute atomic E-state index is 0.255. The summed E-state index contributed by atoms with van der Waals surface area (Å²) in [5.41, 5.74) is 1.83. The first-order chi connectivity index (χ1) is 12.6. The van der Waals surface area contributed by atoms with Crippen LogP contribution in [-0.4, -0.2) is 15.0 Å². The van der Waals surface area contributed by atoms with Crippen LogP contribution in [0.2, 0.25) is 5.02 Å². The van der Waals surface area contributed by atoms with Crippen molar-refractivity contribution in [1.29, 1.82) is 0 Å². The maximum absolute atomic E-state index is 13.1. The first-order valence-corrected chi connectivity index (χ1v) is 9.16. The van der Waals surface area contributed by atoms with Gasteiger partial charge in [-0.3, -0.25) is 4.98 Å². The van der Waals surface area contributed by atoms with E-state index < -0.39 is 0 Å². The fourth-order valence-electron chi connectivity index (χ4n) is 2.62. The highest BCUT2D eigenvalue weighted by Gasteiger charge is 2.16. The maximum Gasteiger partial charge on any atom is 0.163 e. The molecule has 0 atom stereocenters. The second-order valence-electron chi connectivity index (χ2n) is 5.76. The third-order valence-corrected chi connectivity index (χ3v) is 5.55. The first-order valence-electron chi connectivity index (χ1n) is 7.97. The van der Waals surface area contributed by atoms with Crippen LogP contribution >= 0.6 is 22.9 Å². The van der Waals surface area contributed by atoms with Crippen LogP contribution in [0.4, 0.5) is 10.2 Å². The van der Waals surface area contributed by atoms with Gasteiger partial charge in [0.05, 0.1) is 10.4 Å². The number of pyridine rings is 1. The molecule has 0 bridgehead atoms. The average Bonchev–Trinajstić information content (AvgIpc) is 2.96. The molecule has 4 rings (SSSR count). The zero-order chi connectivity index (χ0) is 18.1. The van der Waals surface area contributed by atoms with Crippen molar-refractivity contribution >= 4 is 39.0 Å². The lowest BCUT2D eigenvalue weighted by atomic mass is 10.2. The summed E-state index contributed by atoms with van der Waals surface area (Å²) in [7, 11) is 0. The predicted molar refractivity (Wildman–Crippen MR) is 104 cm³/mol. The summed E-state index contributed by atoms with van der Waals surface area (Å²) in [5.74, 6) is 1.02. The molecule has 26 heavy (non-hydrogen) atoms. The maximum atomic E-state index is 13.1. The van der Waals surface area contributed by atoms with Gasteiger partial charge in [0.2, 0.25) is 0 Å². The number of benzene rings is 1. The fraction of sp³-hybridized carbons (Fsp3) is 0.105. The summed E-state index contributed by atoms with van der Waals surface area (Å²) in [6.07, 6.45) is 3.42. The van der Waals surface area contributed by atoms with Gasteiger partial charge < -0.3 is 5.32 Å². The predicted octanol–water partition coefficient (Wildman–Crippen LogP) is 5.47. The molecule has 0 fully saturated rings. The second kappa shape index (κ2) is 6.97. The summed E-state index contributed by atoms with van der Waals surface area (Å²) in [6, 6.07) is 10.1. The molecule has 3 aromatic heterocycles. The van der Waals surface area contributed by atoms with Gasteiger partial charge in [-0.15, -0.1) is 11.3 Å². The van der Waals surface area contributed by atoms with Gasteiger partial charge in [-0.25, -0.2) is 14.4 Å². The first kappa shape index (κ1) is 16.9. The van der Waals surface area contributed by atoms with Crippen LogP contribution in [0.5, 0.6) is 0 Å². The Morgan fingerprint density at radius 2 is 1.81 bits per heavy atom. The molecule has 0 aliphatic rings. The van der Waals surface area contributed by atoms with Crippen molar-refractivity contribution in [3.63, 3.8) is 0 Å². The molecule has 0 spiro atoms. The number of hydrogen-bond donors (Lipinski definition) is 1. The Hall–Kier alpha value is -2.57. The Morgan fingerprint density at radius 1 is 1.08 bits per heavy atom. The Bertz CT molecular complexity index is 1060. The van der Waals surface area contributed by atoms with E-state index >= 15 is 0 Å². The molecule has 4 aromatic rings. The van der Waals surface area contributed by atoms with E-state index in [-0.39, 0.29) is 5.82 Å². The van der Waals surface area contributed by atoms with E-state index in [1.54, 1.807) is 24.5 Å². The normalized spacial score (nSPS) is 11.0. The van der Waals surface area contributed by atoms with Crippen LogP contribution in [0.25, 0.3) is 21.6 Å². The number of fused-ring (bicyclic) bond motifs is 1. The van der Waals surface area contributed by atoms with E-state index in [1.807, 2.05) is 19.1 Å².